The second kappa shape index (κ2) is 3.77. The zero-order chi connectivity index (χ0) is 10.0. The molecule has 0 radical (unpaired) electrons. The van der Waals surface area contributed by atoms with Crippen LogP contribution in [-0.4, -0.2) is 16.3 Å². The van der Waals surface area contributed by atoms with E-state index in [2.05, 4.69) is 0 Å². The predicted molar refractivity (Wildman–Crippen MR) is 51.5 cm³/mol. The highest BCUT2D eigenvalue weighted by Crippen LogP contribution is 2.22. The molecule has 0 aliphatic rings. The summed E-state index contributed by atoms with van der Waals surface area (Å²) in [6.45, 7) is 3.53. The standard InChI is InChI=1S/C10H15NO2/c1-6-3-4-8(13)5-9(6)10(11)7(2)12/h3-5,7,10,12-13H,11H2,1-2H3/t7-,10-/m1/s1. The van der Waals surface area contributed by atoms with Gasteiger partial charge in [0.15, 0.2) is 0 Å². The van der Waals surface area contributed by atoms with Gasteiger partial charge in [0.05, 0.1) is 12.1 Å². The van der Waals surface area contributed by atoms with Crippen molar-refractivity contribution in [3.63, 3.8) is 0 Å². The normalized spacial score (nSPS) is 15.4. The largest absolute Gasteiger partial charge is 0.508 e. The molecule has 4 N–H and O–H groups in total. The fourth-order valence-corrected chi connectivity index (χ4v) is 1.25. The van der Waals surface area contributed by atoms with E-state index in [4.69, 9.17) is 5.73 Å². The van der Waals surface area contributed by atoms with E-state index in [1.54, 1.807) is 25.1 Å². The van der Waals surface area contributed by atoms with Crippen LogP contribution in [-0.2, 0) is 0 Å². The SMILES string of the molecule is Cc1ccc(O)cc1[C@H](N)[C@@H](C)O. The van der Waals surface area contributed by atoms with Gasteiger partial charge in [0.25, 0.3) is 0 Å². The van der Waals surface area contributed by atoms with Crippen LogP contribution in [0.25, 0.3) is 0 Å². The van der Waals surface area contributed by atoms with E-state index in [9.17, 15) is 10.2 Å². The first-order valence-electron chi connectivity index (χ1n) is 4.25. The summed E-state index contributed by atoms with van der Waals surface area (Å²) in [6, 6.07) is 4.54. The third-order valence-corrected chi connectivity index (χ3v) is 2.14. The molecule has 0 unspecified atom stereocenters. The zero-order valence-corrected chi connectivity index (χ0v) is 7.86. The number of aromatic hydroxyl groups is 1. The number of aliphatic hydroxyl groups is 1. The molecule has 3 heteroatoms. The zero-order valence-electron chi connectivity index (χ0n) is 7.86. The van der Waals surface area contributed by atoms with Crippen LogP contribution in [0.1, 0.15) is 24.1 Å². The molecule has 0 saturated carbocycles. The van der Waals surface area contributed by atoms with E-state index in [0.29, 0.717) is 0 Å². The summed E-state index contributed by atoms with van der Waals surface area (Å²) in [5.74, 6) is 0.178. The molecule has 0 fully saturated rings. The number of phenols is 1. The summed E-state index contributed by atoms with van der Waals surface area (Å²) in [5, 5.41) is 18.5. The van der Waals surface area contributed by atoms with Crippen LogP contribution in [0, 0.1) is 6.92 Å². The fraction of sp³-hybridized carbons (Fsp3) is 0.400. The Kier molecular flexibility index (Phi) is 2.90. The Hall–Kier alpha value is -1.06. The highest BCUT2D eigenvalue weighted by atomic mass is 16.3. The Labute approximate surface area is 77.8 Å². The minimum atomic E-state index is -0.611. The number of phenolic OH excluding ortho intramolecular Hbond substituents is 1. The van der Waals surface area contributed by atoms with Crippen molar-refractivity contribution < 1.29 is 10.2 Å². The molecule has 3 nitrogen and oxygen atoms in total. The second-order valence-corrected chi connectivity index (χ2v) is 3.31. The Balaban J connectivity index is 3.05. The van der Waals surface area contributed by atoms with Crippen LogP contribution in [0.4, 0.5) is 0 Å². The molecule has 1 aromatic rings. The van der Waals surface area contributed by atoms with Gasteiger partial charge in [-0.1, -0.05) is 6.07 Å². The van der Waals surface area contributed by atoms with E-state index < -0.39 is 12.1 Å². The van der Waals surface area contributed by atoms with E-state index in [0.717, 1.165) is 11.1 Å². The van der Waals surface area contributed by atoms with Crippen molar-refractivity contribution in [2.45, 2.75) is 26.0 Å². The molecule has 1 rings (SSSR count). The summed E-state index contributed by atoms with van der Waals surface area (Å²) in [7, 11) is 0. The first-order valence-corrected chi connectivity index (χ1v) is 4.25. The molecule has 1 aromatic carbocycles. The van der Waals surface area contributed by atoms with Crippen molar-refractivity contribution in [1.82, 2.24) is 0 Å². The lowest BCUT2D eigenvalue weighted by Gasteiger charge is -2.17. The van der Waals surface area contributed by atoms with Crippen LogP contribution in [0.2, 0.25) is 0 Å². The Bertz CT molecular complexity index is 297. The lowest BCUT2D eigenvalue weighted by Crippen LogP contribution is -2.23. The van der Waals surface area contributed by atoms with Gasteiger partial charge in [-0.15, -0.1) is 0 Å². The van der Waals surface area contributed by atoms with Gasteiger partial charge in [-0.25, -0.2) is 0 Å². The minimum absolute atomic E-state index is 0.178. The van der Waals surface area contributed by atoms with Gasteiger partial charge in [-0.3, -0.25) is 0 Å². The molecule has 0 amide bonds. The average molecular weight is 181 g/mol. The highest BCUT2D eigenvalue weighted by Gasteiger charge is 2.14. The predicted octanol–water partition coefficient (Wildman–Crippen LogP) is 1.08. The van der Waals surface area contributed by atoms with E-state index in [-0.39, 0.29) is 5.75 Å². The van der Waals surface area contributed by atoms with Gasteiger partial charge >= 0.3 is 0 Å². The number of benzene rings is 1. The smallest absolute Gasteiger partial charge is 0.115 e. The van der Waals surface area contributed by atoms with Gasteiger partial charge in [-0.05, 0) is 37.1 Å². The topological polar surface area (TPSA) is 66.5 Å². The maximum Gasteiger partial charge on any atom is 0.115 e. The molecular weight excluding hydrogens is 166 g/mol. The Morgan fingerprint density at radius 3 is 2.54 bits per heavy atom. The number of aryl methyl sites for hydroxylation is 1. The molecule has 0 aromatic heterocycles. The molecule has 0 bridgehead atoms. The summed E-state index contributed by atoms with van der Waals surface area (Å²) in [5.41, 5.74) is 7.51. The van der Waals surface area contributed by atoms with Crippen LogP contribution in [0.3, 0.4) is 0 Å². The first-order chi connectivity index (χ1) is 6.02. The van der Waals surface area contributed by atoms with Crippen molar-refractivity contribution in [2.24, 2.45) is 5.73 Å². The maximum atomic E-state index is 9.28. The van der Waals surface area contributed by atoms with Crippen molar-refractivity contribution in [1.29, 1.82) is 0 Å². The number of hydrogen-bond acceptors (Lipinski definition) is 3. The quantitative estimate of drug-likeness (QED) is 0.639. The molecule has 0 aliphatic carbocycles. The van der Waals surface area contributed by atoms with Crippen molar-refractivity contribution in [3.8, 4) is 5.75 Å². The third-order valence-electron chi connectivity index (χ3n) is 2.14. The summed E-state index contributed by atoms with van der Waals surface area (Å²) < 4.78 is 0. The molecule has 2 atom stereocenters. The number of nitrogens with two attached hydrogens (primary N) is 1. The number of aliphatic hydroxyl groups excluding tert-OH is 1. The van der Waals surface area contributed by atoms with Crippen molar-refractivity contribution >= 4 is 0 Å². The lowest BCUT2D eigenvalue weighted by molar-refractivity contribution is 0.164. The average Bonchev–Trinajstić information content (AvgIpc) is 2.08. The van der Waals surface area contributed by atoms with Gasteiger partial charge in [0, 0.05) is 0 Å². The third kappa shape index (κ3) is 2.20. The monoisotopic (exact) mass is 181 g/mol. The number of rotatable bonds is 2. The molecule has 0 aliphatic heterocycles. The molecule has 0 saturated heterocycles. The molecular formula is C10H15NO2. The first kappa shape index (κ1) is 10.0. The fourth-order valence-electron chi connectivity index (χ4n) is 1.25. The van der Waals surface area contributed by atoms with Gasteiger partial charge < -0.3 is 15.9 Å². The number of hydrogen-bond donors (Lipinski definition) is 3. The Morgan fingerprint density at radius 2 is 2.00 bits per heavy atom. The Morgan fingerprint density at radius 1 is 1.38 bits per heavy atom. The lowest BCUT2D eigenvalue weighted by atomic mass is 9.98. The highest BCUT2D eigenvalue weighted by molar-refractivity contribution is 5.36. The van der Waals surface area contributed by atoms with Gasteiger partial charge in [-0.2, -0.15) is 0 Å². The molecule has 72 valence electrons. The summed E-state index contributed by atoms with van der Waals surface area (Å²) >= 11 is 0. The van der Waals surface area contributed by atoms with E-state index >= 15 is 0 Å². The van der Waals surface area contributed by atoms with Crippen LogP contribution < -0.4 is 5.73 Å². The minimum Gasteiger partial charge on any atom is -0.508 e. The van der Waals surface area contributed by atoms with E-state index in [1.807, 2.05) is 6.92 Å². The maximum absolute atomic E-state index is 9.28. The molecule has 0 heterocycles. The van der Waals surface area contributed by atoms with Crippen LogP contribution in [0.5, 0.6) is 5.75 Å². The molecule has 0 spiro atoms. The summed E-state index contributed by atoms with van der Waals surface area (Å²) in [4.78, 5) is 0. The van der Waals surface area contributed by atoms with Gasteiger partial charge in [0.2, 0.25) is 0 Å². The van der Waals surface area contributed by atoms with E-state index in [1.165, 1.54) is 0 Å². The molecule has 13 heavy (non-hydrogen) atoms. The van der Waals surface area contributed by atoms with Crippen molar-refractivity contribution in [3.05, 3.63) is 29.3 Å². The van der Waals surface area contributed by atoms with Crippen LogP contribution >= 0.6 is 0 Å². The van der Waals surface area contributed by atoms with Crippen LogP contribution in [0.15, 0.2) is 18.2 Å². The summed E-state index contributed by atoms with van der Waals surface area (Å²) in [6.07, 6.45) is -0.611. The van der Waals surface area contributed by atoms with Crippen molar-refractivity contribution in [2.75, 3.05) is 0 Å². The van der Waals surface area contributed by atoms with Gasteiger partial charge in [0.1, 0.15) is 5.75 Å². The second-order valence-electron chi connectivity index (χ2n) is 3.31.